The van der Waals surface area contributed by atoms with Gasteiger partial charge in [0.1, 0.15) is 24.9 Å². The first-order chi connectivity index (χ1) is 12.9. The van der Waals surface area contributed by atoms with Gasteiger partial charge in [-0.25, -0.2) is 8.98 Å². The normalized spacial score (nSPS) is 26.4. The SMILES string of the molecule is Cc1ccc(S(=O)(=O)O[C@@H]2O[C@H](COC(=O)c3ccccc3)[C@@H]3O[C@H]23)cc1. The summed E-state index contributed by atoms with van der Waals surface area (Å²) in [5.41, 5.74) is 1.37. The molecule has 2 saturated heterocycles. The van der Waals surface area contributed by atoms with Gasteiger partial charge in [0.2, 0.25) is 6.29 Å². The highest BCUT2D eigenvalue weighted by atomic mass is 32.2. The summed E-state index contributed by atoms with van der Waals surface area (Å²) in [7, 11) is -3.98. The minimum Gasteiger partial charge on any atom is -0.459 e. The van der Waals surface area contributed by atoms with E-state index in [0.29, 0.717) is 5.56 Å². The van der Waals surface area contributed by atoms with Gasteiger partial charge in [-0.15, -0.1) is 0 Å². The van der Waals surface area contributed by atoms with Crippen molar-refractivity contribution in [1.82, 2.24) is 0 Å². The third-order valence-corrected chi connectivity index (χ3v) is 5.72. The van der Waals surface area contributed by atoms with Crippen molar-refractivity contribution in [2.24, 2.45) is 0 Å². The number of benzene rings is 2. The standard InChI is InChI=1S/C19H18O7S/c1-12-7-9-14(10-8-12)27(21,22)26-19-17-16(25-17)15(24-19)11-23-18(20)13-5-3-2-4-6-13/h2-10,15-17,19H,11H2,1H3/t15-,16+,17+,19+/m1/s1. The van der Waals surface area contributed by atoms with Crippen molar-refractivity contribution in [3.63, 3.8) is 0 Å². The van der Waals surface area contributed by atoms with Crippen molar-refractivity contribution in [1.29, 1.82) is 0 Å². The van der Waals surface area contributed by atoms with Crippen LogP contribution < -0.4 is 0 Å². The monoisotopic (exact) mass is 390 g/mol. The minimum absolute atomic E-state index is 0.0423. The predicted molar refractivity (Wildman–Crippen MR) is 93.5 cm³/mol. The lowest BCUT2D eigenvalue weighted by Crippen LogP contribution is -2.29. The van der Waals surface area contributed by atoms with Crippen molar-refractivity contribution in [2.45, 2.75) is 36.4 Å². The molecule has 0 spiro atoms. The highest BCUT2D eigenvalue weighted by Gasteiger charge is 2.60. The molecule has 0 aliphatic carbocycles. The molecule has 0 saturated carbocycles. The average molecular weight is 390 g/mol. The van der Waals surface area contributed by atoms with E-state index in [1.54, 1.807) is 42.5 Å². The average Bonchev–Trinajstić information content (AvgIpc) is 3.39. The molecule has 0 amide bonds. The van der Waals surface area contributed by atoms with Gasteiger partial charge in [0.25, 0.3) is 10.1 Å². The number of esters is 1. The zero-order chi connectivity index (χ0) is 19.0. The predicted octanol–water partition coefficient (Wildman–Crippen LogP) is 2.05. The summed E-state index contributed by atoms with van der Waals surface area (Å²) in [4.78, 5) is 12.0. The largest absolute Gasteiger partial charge is 0.459 e. The minimum atomic E-state index is -3.98. The van der Waals surface area contributed by atoms with Crippen LogP contribution in [0.25, 0.3) is 0 Å². The van der Waals surface area contributed by atoms with Crippen LogP contribution in [0, 0.1) is 6.92 Å². The van der Waals surface area contributed by atoms with Crippen LogP contribution in [0.2, 0.25) is 0 Å². The Morgan fingerprint density at radius 2 is 1.70 bits per heavy atom. The molecule has 0 unspecified atom stereocenters. The molecule has 4 rings (SSSR count). The molecule has 4 atom stereocenters. The topological polar surface area (TPSA) is 91.4 Å². The molecule has 0 radical (unpaired) electrons. The summed E-state index contributed by atoms with van der Waals surface area (Å²) in [6, 6.07) is 14.9. The lowest BCUT2D eigenvalue weighted by Gasteiger charge is -2.17. The van der Waals surface area contributed by atoms with E-state index in [9.17, 15) is 13.2 Å². The van der Waals surface area contributed by atoms with Gasteiger partial charge < -0.3 is 14.2 Å². The van der Waals surface area contributed by atoms with Crippen molar-refractivity contribution in [2.75, 3.05) is 6.61 Å². The Bertz CT molecular complexity index is 924. The van der Waals surface area contributed by atoms with Gasteiger partial charge in [-0.05, 0) is 31.2 Å². The summed E-state index contributed by atoms with van der Waals surface area (Å²) in [6.07, 6.45) is -2.44. The second-order valence-corrected chi connectivity index (χ2v) is 8.01. The number of fused-ring (bicyclic) bond motifs is 1. The first kappa shape index (κ1) is 18.1. The molecule has 8 heteroatoms. The summed E-state index contributed by atoms with van der Waals surface area (Å²) in [5.74, 6) is -0.479. The van der Waals surface area contributed by atoms with E-state index in [0.717, 1.165) is 5.56 Å². The van der Waals surface area contributed by atoms with Crippen LogP contribution in [0.15, 0.2) is 59.5 Å². The van der Waals surface area contributed by atoms with Gasteiger partial charge in [-0.2, -0.15) is 8.42 Å². The van der Waals surface area contributed by atoms with Crippen LogP contribution in [-0.2, 0) is 28.5 Å². The van der Waals surface area contributed by atoms with Gasteiger partial charge in [0, 0.05) is 0 Å². The Kier molecular flexibility index (Phi) is 4.73. The number of hydrogen-bond donors (Lipinski definition) is 0. The van der Waals surface area contributed by atoms with E-state index in [1.807, 2.05) is 6.92 Å². The van der Waals surface area contributed by atoms with Gasteiger partial charge in [0.05, 0.1) is 10.5 Å². The molecule has 2 aromatic carbocycles. The Morgan fingerprint density at radius 3 is 2.41 bits per heavy atom. The Hall–Kier alpha value is -2.26. The number of carbonyl (C=O) groups is 1. The zero-order valence-electron chi connectivity index (χ0n) is 14.5. The lowest BCUT2D eigenvalue weighted by atomic mass is 10.2. The molecule has 2 fully saturated rings. The van der Waals surface area contributed by atoms with E-state index < -0.39 is 34.6 Å². The second-order valence-electron chi connectivity index (χ2n) is 6.44. The Balaban J connectivity index is 1.35. The van der Waals surface area contributed by atoms with Gasteiger partial charge >= 0.3 is 5.97 Å². The molecule has 0 aromatic heterocycles. The van der Waals surface area contributed by atoms with Crippen molar-refractivity contribution in [3.8, 4) is 0 Å². The molecule has 2 aromatic rings. The smallest absolute Gasteiger partial charge is 0.338 e. The van der Waals surface area contributed by atoms with E-state index in [4.69, 9.17) is 18.4 Å². The quantitative estimate of drug-likeness (QED) is 0.423. The van der Waals surface area contributed by atoms with Crippen molar-refractivity contribution >= 4 is 16.1 Å². The van der Waals surface area contributed by atoms with E-state index in [2.05, 4.69) is 0 Å². The number of epoxide rings is 1. The fourth-order valence-corrected chi connectivity index (χ4v) is 3.88. The van der Waals surface area contributed by atoms with Crippen LogP contribution in [0.3, 0.4) is 0 Å². The summed E-state index contributed by atoms with van der Waals surface area (Å²) in [5, 5.41) is 0. The van der Waals surface area contributed by atoms with Crippen LogP contribution in [-0.4, -0.2) is 45.6 Å². The maximum absolute atomic E-state index is 12.4. The number of aryl methyl sites for hydroxylation is 1. The number of ether oxygens (including phenoxy) is 3. The number of carbonyl (C=O) groups excluding carboxylic acids is 1. The highest BCUT2D eigenvalue weighted by molar-refractivity contribution is 7.86. The molecular weight excluding hydrogens is 372 g/mol. The van der Waals surface area contributed by atoms with Crippen LogP contribution >= 0.6 is 0 Å². The third-order valence-electron chi connectivity index (χ3n) is 4.42. The lowest BCUT2D eigenvalue weighted by molar-refractivity contribution is -0.134. The van der Waals surface area contributed by atoms with Gasteiger partial charge in [0.15, 0.2) is 0 Å². The molecule has 2 aliphatic heterocycles. The van der Waals surface area contributed by atoms with Crippen LogP contribution in [0.1, 0.15) is 15.9 Å². The molecule has 0 bridgehead atoms. The van der Waals surface area contributed by atoms with Crippen LogP contribution in [0.5, 0.6) is 0 Å². The number of hydrogen-bond acceptors (Lipinski definition) is 7. The first-order valence-corrected chi connectivity index (χ1v) is 9.88. The van der Waals surface area contributed by atoms with E-state index >= 15 is 0 Å². The fourth-order valence-electron chi connectivity index (χ4n) is 2.89. The Labute approximate surface area is 156 Å². The molecule has 2 heterocycles. The second kappa shape index (κ2) is 7.05. The van der Waals surface area contributed by atoms with E-state index in [1.165, 1.54) is 12.1 Å². The van der Waals surface area contributed by atoms with Crippen LogP contribution in [0.4, 0.5) is 0 Å². The maximum Gasteiger partial charge on any atom is 0.338 e. The first-order valence-electron chi connectivity index (χ1n) is 8.47. The molecule has 2 aliphatic rings. The summed E-state index contributed by atoms with van der Waals surface area (Å²) < 4.78 is 46.2. The molecular formula is C19H18O7S. The maximum atomic E-state index is 12.4. The van der Waals surface area contributed by atoms with Crippen molar-refractivity contribution < 1.29 is 31.6 Å². The molecule has 7 nitrogen and oxygen atoms in total. The fraction of sp³-hybridized carbons (Fsp3) is 0.316. The Morgan fingerprint density at radius 1 is 1.00 bits per heavy atom. The molecule has 27 heavy (non-hydrogen) atoms. The number of rotatable bonds is 6. The van der Waals surface area contributed by atoms with E-state index in [-0.39, 0.29) is 17.6 Å². The summed E-state index contributed by atoms with van der Waals surface area (Å²) in [6.45, 7) is 1.82. The summed E-state index contributed by atoms with van der Waals surface area (Å²) >= 11 is 0. The zero-order valence-corrected chi connectivity index (χ0v) is 15.3. The molecule has 142 valence electrons. The van der Waals surface area contributed by atoms with Crippen molar-refractivity contribution in [3.05, 3.63) is 65.7 Å². The van der Waals surface area contributed by atoms with Gasteiger partial charge in [-0.1, -0.05) is 35.9 Å². The molecule has 0 N–H and O–H groups in total. The van der Waals surface area contributed by atoms with Gasteiger partial charge in [-0.3, -0.25) is 0 Å². The highest BCUT2D eigenvalue weighted by Crippen LogP contribution is 2.41. The third kappa shape index (κ3) is 3.89.